The fourth-order valence-corrected chi connectivity index (χ4v) is 2.54. The van der Waals surface area contributed by atoms with Crippen molar-refractivity contribution >= 4 is 11.8 Å². The molecule has 1 saturated heterocycles. The smallest absolute Gasteiger partial charge is 0.254 e. The van der Waals surface area contributed by atoms with Crippen LogP contribution in [0.25, 0.3) is 0 Å². The molecule has 6 heteroatoms. The largest absolute Gasteiger partial charge is 0.339 e. The first kappa shape index (κ1) is 17.4. The highest BCUT2D eigenvalue weighted by Crippen LogP contribution is 2.14. The second-order valence-electron chi connectivity index (χ2n) is 6.23. The summed E-state index contributed by atoms with van der Waals surface area (Å²) in [6.45, 7) is 5.92. The number of carbonyl (C=O) groups is 2. The number of nitrogens with zero attached hydrogens (tertiary/aromatic N) is 2. The molecule has 1 aliphatic rings. The van der Waals surface area contributed by atoms with E-state index in [4.69, 9.17) is 0 Å². The van der Waals surface area contributed by atoms with Gasteiger partial charge in [0.15, 0.2) is 11.6 Å². The molecule has 2 amide bonds. The van der Waals surface area contributed by atoms with Crippen LogP contribution in [0.3, 0.4) is 0 Å². The Morgan fingerprint density at radius 3 is 2.22 bits per heavy atom. The molecule has 1 fully saturated rings. The molecule has 4 nitrogen and oxygen atoms in total. The van der Waals surface area contributed by atoms with Crippen molar-refractivity contribution in [2.24, 2.45) is 5.92 Å². The summed E-state index contributed by atoms with van der Waals surface area (Å²) in [7, 11) is 0. The standard InChI is InChI=1S/C17H22F2N2O2/c1-12(2)3-6-16(22)20-7-9-21(10-8-20)17(23)13-4-5-14(18)15(19)11-13/h4-5,11-12H,3,6-10H2,1-2H3. The third-order valence-electron chi connectivity index (χ3n) is 4.02. The summed E-state index contributed by atoms with van der Waals surface area (Å²) in [6.07, 6.45) is 1.38. The van der Waals surface area contributed by atoms with Crippen molar-refractivity contribution in [2.75, 3.05) is 26.2 Å². The molecule has 23 heavy (non-hydrogen) atoms. The van der Waals surface area contributed by atoms with Crippen molar-refractivity contribution in [3.05, 3.63) is 35.4 Å². The fourth-order valence-electron chi connectivity index (χ4n) is 2.54. The van der Waals surface area contributed by atoms with Gasteiger partial charge in [-0.1, -0.05) is 13.8 Å². The van der Waals surface area contributed by atoms with E-state index in [2.05, 4.69) is 13.8 Å². The minimum Gasteiger partial charge on any atom is -0.339 e. The molecule has 1 aromatic rings. The van der Waals surface area contributed by atoms with E-state index in [1.165, 1.54) is 6.07 Å². The Balaban J connectivity index is 1.89. The summed E-state index contributed by atoms with van der Waals surface area (Å²) in [5, 5.41) is 0. The van der Waals surface area contributed by atoms with Gasteiger partial charge < -0.3 is 9.80 Å². The fraction of sp³-hybridized carbons (Fsp3) is 0.529. The van der Waals surface area contributed by atoms with Gasteiger partial charge in [0.1, 0.15) is 0 Å². The number of carbonyl (C=O) groups excluding carboxylic acids is 2. The Morgan fingerprint density at radius 1 is 1.04 bits per heavy atom. The average Bonchev–Trinajstić information content (AvgIpc) is 2.54. The van der Waals surface area contributed by atoms with E-state index in [1.807, 2.05) is 0 Å². The molecule has 0 aliphatic carbocycles. The molecular formula is C17H22F2N2O2. The lowest BCUT2D eigenvalue weighted by atomic mass is 10.1. The number of hydrogen-bond acceptors (Lipinski definition) is 2. The Hall–Kier alpha value is -1.98. The van der Waals surface area contributed by atoms with E-state index >= 15 is 0 Å². The number of benzene rings is 1. The third-order valence-corrected chi connectivity index (χ3v) is 4.02. The van der Waals surface area contributed by atoms with Crippen LogP contribution in [-0.4, -0.2) is 47.8 Å². The maximum absolute atomic E-state index is 13.2. The van der Waals surface area contributed by atoms with Gasteiger partial charge in [0.2, 0.25) is 5.91 Å². The van der Waals surface area contributed by atoms with Gasteiger partial charge >= 0.3 is 0 Å². The van der Waals surface area contributed by atoms with Crippen molar-refractivity contribution in [1.29, 1.82) is 0 Å². The molecule has 0 bridgehead atoms. The molecule has 1 aliphatic heterocycles. The van der Waals surface area contributed by atoms with Gasteiger partial charge in [0.05, 0.1) is 0 Å². The highest BCUT2D eigenvalue weighted by atomic mass is 19.2. The molecule has 0 spiro atoms. The summed E-state index contributed by atoms with van der Waals surface area (Å²) < 4.78 is 26.2. The number of hydrogen-bond donors (Lipinski definition) is 0. The van der Waals surface area contributed by atoms with Crippen LogP contribution in [0, 0.1) is 17.6 Å². The van der Waals surface area contributed by atoms with Gasteiger partial charge in [-0.25, -0.2) is 8.78 Å². The number of amides is 2. The van der Waals surface area contributed by atoms with Crippen LogP contribution in [0.2, 0.25) is 0 Å². The molecule has 2 rings (SSSR count). The third kappa shape index (κ3) is 4.50. The summed E-state index contributed by atoms with van der Waals surface area (Å²) in [5.74, 6) is -1.74. The van der Waals surface area contributed by atoms with E-state index in [0.717, 1.165) is 18.6 Å². The van der Waals surface area contributed by atoms with Crippen molar-refractivity contribution < 1.29 is 18.4 Å². The second-order valence-corrected chi connectivity index (χ2v) is 6.23. The highest BCUT2D eigenvalue weighted by molar-refractivity contribution is 5.94. The lowest BCUT2D eigenvalue weighted by Gasteiger charge is -2.35. The molecule has 0 saturated carbocycles. The van der Waals surface area contributed by atoms with Gasteiger partial charge in [0.25, 0.3) is 5.91 Å². The molecule has 0 radical (unpaired) electrons. The molecule has 1 aromatic carbocycles. The Kier molecular flexibility index (Phi) is 5.69. The minimum absolute atomic E-state index is 0.110. The normalized spacial score (nSPS) is 15.2. The molecule has 0 unspecified atom stereocenters. The average molecular weight is 324 g/mol. The first-order valence-electron chi connectivity index (χ1n) is 7.90. The van der Waals surface area contributed by atoms with Crippen LogP contribution in [0.4, 0.5) is 8.78 Å². The summed E-state index contributed by atoms with van der Waals surface area (Å²) in [5.41, 5.74) is 0.128. The topological polar surface area (TPSA) is 40.6 Å². The maximum atomic E-state index is 13.2. The molecule has 0 aromatic heterocycles. The van der Waals surface area contributed by atoms with Crippen LogP contribution in [0.15, 0.2) is 18.2 Å². The monoisotopic (exact) mass is 324 g/mol. The summed E-state index contributed by atoms with van der Waals surface area (Å²) in [6, 6.07) is 3.15. The Labute approximate surface area is 135 Å². The van der Waals surface area contributed by atoms with Gasteiger partial charge in [-0.3, -0.25) is 9.59 Å². The summed E-state index contributed by atoms with van der Waals surface area (Å²) in [4.78, 5) is 27.7. The quantitative estimate of drug-likeness (QED) is 0.854. The van der Waals surface area contributed by atoms with E-state index in [9.17, 15) is 18.4 Å². The minimum atomic E-state index is -1.03. The van der Waals surface area contributed by atoms with Crippen molar-refractivity contribution in [3.63, 3.8) is 0 Å². The van der Waals surface area contributed by atoms with Crippen LogP contribution >= 0.6 is 0 Å². The highest BCUT2D eigenvalue weighted by Gasteiger charge is 2.25. The van der Waals surface area contributed by atoms with E-state index < -0.39 is 11.6 Å². The maximum Gasteiger partial charge on any atom is 0.254 e. The SMILES string of the molecule is CC(C)CCC(=O)N1CCN(C(=O)c2ccc(F)c(F)c2)CC1. The first-order valence-corrected chi connectivity index (χ1v) is 7.90. The number of rotatable bonds is 4. The van der Waals surface area contributed by atoms with Gasteiger partial charge in [0, 0.05) is 38.2 Å². The molecule has 126 valence electrons. The zero-order chi connectivity index (χ0) is 17.0. The van der Waals surface area contributed by atoms with Crippen LogP contribution < -0.4 is 0 Å². The Morgan fingerprint density at radius 2 is 1.65 bits per heavy atom. The van der Waals surface area contributed by atoms with Gasteiger partial charge in [-0.05, 0) is 30.5 Å². The molecule has 0 N–H and O–H groups in total. The van der Waals surface area contributed by atoms with Crippen molar-refractivity contribution in [3.8, 4) is 0 Å². The zero-order valence-corrected chi connectivity index (χ0v) is 13.5. The van der Waals surface area contributed by atoms with Gasteiger partial charge in [-0.2, -0.15) is 0 Å². The van der Waals surface area contributed by atoms with Gasteiger partial charge in [-0.15, -0.1) is 0 Å². The molecular weight excluding hydrogens is 302 g/mol. The lowest BCUT2D eigenvalue weighted by Crippen LogP contribution is -2.50. The second kappa shape index (κ2) is 7.53. The Bertz CT molecular complexity index is 582. The van der Waals surface area contributed by atoms with E-state index in [0.29, 0.717) is 38.5 Å². The van der Waals surface area contributed by atoms with Crippen molar-refractivity contribution in [1.82, 2.24) is 9.80 Å². The van der Waals surface area contributed by atoms with E-state index in [-0.39, 0.29) is 17.4 Å². The van der Waals surface area contributed by atoms with Crippen LogP contribution in [0.5, 0.6) is 0 Å². The molecule has 0 atom stereocenters. The van der Waals surface area contributed by atoms with E-state index in [1.54, 1.807) is 9.80 Å². The summed E-state index contributed by atoms with van der Waals surface area (Å²) >= 11 is 0. The predicted octanol–water partition coefficient (Wildman–Crippen LogP) is 2.69. The van der Waals surface area contributed by atoms with Crippen LogP contribution in [-0.2, 0) is 4.79 Å². The first-order chi connectivity index (χ1) is 10.9. The molecule has 1 heterocycles. The lowest BCUT2D eigenvalue weighted by molar-refractivity contribution is -0.132. The number of halogens is 2. The zero-order valence-electron chi connectivity index (χ0n) is 13.5. The van der Waals surface area contributed by atoms with Crippen molar-refractivity contribution in [2.45, 2.75) is 26.7 Å². The predicted molar refractivity (Wildman–Crippen MR) is 82.9 cm³/mol. The number of piperazine rings is 1. The van der Waals surface area contributed by atoms with Crippen LogP contribution in [0.1, 0.15) is 37.0 Å².